The summed E-state index contributed by atoms with van der Waals surface area (Å²) in [4.78, 5) is 0. The SMILES string of the molecule is NCC1(c2ccc(CC(F)(F)F)cc2)CCC1. The Morgan fingerprint density at radius 1 is 1.12 bits per heavy atom. The van der Waals surface area contributed by atoms with Gasteiger partial charge in [0.05, 0.1) is 6.42 Å². The first-order chi connectivity index (χ1) is 7.95. The third-order valence-electron chi connectivity index (χ3n) is 3.67. The van der Waals surface area contributed by atoms with Crippen molar-refractivity contribution in [2.24, 2.45) is 5.73 Å². The van der Waals surface area contributed by atoms with Gasteiger partial charge in [0.2, 0.25) is 0 Å². The van der Waals surface area contributed by atoms with E-state index < -0.39 is 12.6 Å². The molecule has 2 N–H and O–H groups in total. The Morgan fingerprint density at radius 2 is 1.71 bits per heavy atom. The Balaban J connectivity index is 2.13. The summed E-state index contributed by atoms with van der Waals surface area (Å²) in [6.07, 6.45) is -1.75. The Labute approximate surface area is 98.8 Å². The van der Waals surface area contributed by atoms with Crippen molar-refractivity contribution in [1.29, 1.82) is 0 Å². The molecule has 4 heteroatoms. The van der Waals surface area contributed by atoms with Crippen molar-refractivity contribution in [1.82, 2.24) is 0 Å². The molecule has 0 unspecified atom stereocenters. The van der Waals surface area contributed by atoms with E-state index in [0.29, 0.717) is 12.1 Å². The van der Waals surface area contributed by atoms with Gasteiger partial charge in [-0.15, -0.1) is 0 Å². The summed E-state index contributed by atoms with van der Waals surface area (Å²) in [6.45, 7) is 0.575. The fraction of sp³-hybridized carbons (Fsp3) is 0.538. The largest absolute Gasteiger partial charge is 0.393 e. The maximum Gasteiger partial charge on any atom is 0.393 e. The average molecular weight is 243 g/mol. The number of rotatable bonds is 3. The van der Waals surface area contributed by atoms with Gasteiger partial charge in [-0.2, -0.15) is 13.2 Å². The molecule has 1 saturated carbocycles. The minimum Gasteiger partial charge on any atom is -0.330 e. The third-order valence-corrected chi connectivity index (χ3v) is 3.67. The van der Waals surface area contributed by atoms with E-state index in [-0.39, 0.29) is 5.41 Å². The van der Waals surface area contributed by atoms with Crippen molar-refractivity contribution in [3.63, 3.8) is 0 Å². The average Bonchev–Trinajstić information content (AvgIpc) is 2.17. The van der Waals surface area contributed by atoms with Crippen LogP contribution < -0.4 is 5.73 Å². The number of halogens is 3. The van der Waals surface area contributed by atoms with Gasteiger partial charge >= 0.3 is 6.18 Å². The summed E-state index contributed by atoms with van der Waals surface area (Å²) in [7, 11) is 0. The Bertz CT molecular complexity index is 371. The highest BCUT2D eigenvalue weighted by molar-refractivity contribution is 5.32. The van der Waals surface area contributed by atoms with Crippen LogP contribution in [0.2, 0.25) is 0 Å². The third kappa shape index (κ3) is 2.63. The zero-order valence-electron chi connectivity index (χ0n) is 9.56. The number of alkyl halides is 3. The zero-order valence-corrected chi connectivity index (χ0v) is 9.56. The van der Waals surface area contributed by atoms with Crippen molar-refractivity contribution < 1.29 is 13.2 Å². The Morgan fingerprint density at radius 3 is 2.06 bits per heavy atom. The van der Waals surface area contributed by atoms with Crippen LogP contribution in [0.3, 0.4) is 0 Å². The van der Waals surface area contributed by atoms with E-state index in [9.17, 15) is 13.2 Å². The second kappa shape index (κ2) is 4.33. The van der Waals surface area contributed by atoms with Gasteiger partial charge in [-0.3, -0.25) is 0 Å². The van der Waals surface area contributed by atoms with Crippen LogP contribution in [0, 0.1) is 0 Å². The number of benzene rings is 1. The molecule has 0 saturated heterocycles. The number of nitrogens with two attached hydrogens (primary N) is 1. The van der Waals surface area contributed by atoms with Gasteiger partial charge in [0.15, 0.2) is 0 Å². The maximum atomic E-state index is 12.2. The summed E-state index contributed by atoms with van der Waals surface area (Å²) < 4.78 is 36.6. The molecule has 1 fully saturated rings. The fourth-order valence-electron chi connectivity index (χ4n) is 2.42. The lowest BCUT2D eigenvalue weighted by Crippen LogP contribution is -2.41. The lowest BCUT2D eigenvalue weighted by atomic mass is 9.64. The van der Waals surface area contributed by atoms with E-state index in [2.05, 4.69) is 0 Å². The van der Waals surface area contributed by atoms with Gasteiger partial charge in [-0.1, -0.05) is 30.7 Å². The topological polar surface area (TPSA) is 26.0 Å². The first-order valence-electron chi connectivity index (χ1n) is 5.81. The van der Waals surface area contributed by atoms with E-state index in [1.807, 2.05) is 0 Å². The normalized spacial score (nSPS) is 18.8. The molecule has 1 aromatic carbocycles. The van der Waals surface area contributed by atoms with Crippen LogP contribution in [0.1, 0.15) is 30.4 Å². The molecule has 1 aliphatic carbocycles. The standard InChI is InChI=1S/C13H16F3N/c14-13(15,16)8-10-2-4-11(5-3-10)12(9-17)6-1-7-12/h2-5H,1,6-9,17H2. The predicted octanol–water partition coefficient (Wildman–Crippen LogP) is 3.17. The van der Waals surface area contributed by atoms with Gasteiger partial charge in [0.1, 0.15) is 0 Å². The molecule has 94 valence electrons. The van der Waals surface area contributed by atoms with Crippen LogP contribution in [0.25, 0.3) is 0 Å². The molecule has 0 spiro atoms. The molecule has 0 aromatic heterocycles. The smallest absolute Gasteiger partial charge is 0.330 e. The highest BCUT2D eigenvalue weighted by Gasteiger charge is 2.37. The predicted molar refractivity (Wildman–Crippen MR) is 60.8 cm³/mol. The molecule has 1 aromatic rings. The fourth-order valence-corrected chi connectivity index (χ4v) is 2.42. The summed E-state index contributed by atoms with van der Waals surface area (Å²) in [5.41, 5.74) is 7.18. The number of hydrogen-bond donors (Lipinski definition) is 1. The lowest BCUT2D eigenvalue weighted by molar-refractivity contribution is -0.127. The maximum absolute atomic E-state index is 12.2. The van der Waals surface area contributed by atoms with E-state index in [4.69, 9.17) is 5.73 Å². The second-order valence-corrected chi connectivity index (χ2v) is 4.83. The first kappa shape index (κ1) is 12.4. The monoisotopic (exact) mass is 243 g/mol. The van der Waals surface area contributed by atoms with Gasteiger partial charge in [0.25, 0.3) is 0 Å². The lowest BCUT2D eigenvalue weighted by Gasteiger charge is -2.41. The Hall–Kier alpha value is -1.03. The van der Waals surface area contributed by atoms with Crippen molar-refractivity contribution in [2.75, 3.05) is 6.54 Å². The Kier molecular flexibility index (Phi) is 3.17. The van der Waals surface area contributed by atoms with E-state index in [1.54, 1.807) is 24.3 Å². The molecule has 0 atom stereocenters. The van der Waals surface area contributed by atoms with Crippen LogP contribution in [-0.4, -0.2) is 12.7 Å². The van der Waals surface area contributed by atoms with Gasteiger partial charge in [0, 0.05) is 12.0 Å². The van der Waals surface area contributed by atoms with Gasteiger partial charge < -0.3 is 5.73 Å². The highest BCUT2D eigenvalue weighted by Crippen LogP contribution is 2.42. The summed E-state index contributed by atoms with van der Waals surface area (Å²) >= 11 is 0. The van der Waals surface area contributed by atoms with Crippen molar-refractivity contribution >= 4 is 0 Å². The molecule has 0 heterocycles. The molecule has 0 radical (unpaired) electrons. The number of hydrogen-bond acceptors (Lipinski definition) is 1. The van der Waals surface area contributed by atoms with Crippen molar-refractivity contribution in [3.8, 4) is 0 Å². The van der Waals surface area contributed by atoms with E-state index in [0.717, 1.165) is 24.8 Å². The van der Waals surface area contributed by atoms with Gasteiger partial charge in [-0.25, -0.2) is 0 Å². The van der Waals surface area contributed by atoms with Crippen LogP contribution in [0.15, 0.2) is 24.3 Å². The molecule has 2 rings (SSSR count). The second-order valence-electron chi connectivity index (χ2n) is 4.83. The molecule has 0 amide bonds. The summed E-state index contributed by atoms with van der Waals surface area (Å²) in [5, 5.41) is 0. The molecular weight excluding hydrogens is 227 g/mol. The molecule has 1 nitrogen and oxygen atoms in total. The molecule has 17 heavy (non-hydrogen) atoms. The summed E-state index contributed by atoms with van der Waals surface area (Å²) in [6, 6.07) is 6.73. The molecule has 0 aliphatic heterocycles. The molecule has 0 bridgehead atoms. The zero-order chi connectivity index (χ0) is 12.5. The summed E-state index contributed by atoms with van der Waals surface area (Å²) in [5.74, 6) is 0. The van der Waals surface area contributed by atoms with Crippen molar-refractivity contribution in [2.45, 2.75) is 37.3 Å². The van der Waals surface area contributed by atoms with Crippen LogP contribution >= 0.6 is 0 Å². The minimum atomic E-state index is -4.14. The minimum absolute atomic E-state index is 0.0246. The van der Waals surface area contributed by atoms with Crippen LogP contribution in [0.4, 0.5) is 13.2 Å². The van der Waals surface area contributed by atoms with E-state index in [1.165, 1.54) is 0 Å². The van der Waals surface area contributed by atoms with Crippen LogP contribution in [-0.2, 0) is 11.8 Å². The van der Waals surface area contributed by atoms with E-state index >= 15 is 0 Å². The van der Waals surface area contributed by atoms with Crippen LogP contribution in [0.5, 0.6) is 0 Å². The molecule has 1 aliphatic rings. The van der Waals surface area contributed by atoms with Gasteiger partial charge in [-0.05, 0) is 24.0 Å². The first-order valence-corrected chi connectivity index (χ1v) is 5.81. The van der Waals surface area contributed by atoms with Crippen molar-refractivity contribution in [3.05, 3.63) is 35.4 Å². The quantitative estimate of drug-likeness (QED) is 0.867. The highest BCUT2D eigenvalue weighted by atomic mass is 19.4. The molecular formula is C13H16F3N.